The predicted octanol–water partition coefficient (Wildman–Crippen LogP) is 3.60. The Hall–Kier alpha value is -1.92. The van der Waals surface area contributed by atoms with Crippen molar-refractivity contribution in [1.82, 2.24) is 0 Å². The molecule has 2 rings (SSSR count). The summed E-state index contributed by atoms with van der Waals surface area (Å²) in [7, 11) is -3.85. The van der Waals surface area contributed by atoms with Gasteiger partial charge in [0, 0.05) is 16.3 Å². The van der Waals surface area contributed by atoms with Crippen LogP contribution in [0.15, 0.2) is 42.5 Å². The Morgan fingerprint density at radius 1 is 1.17 bits per heavy atom. The number of anilines is 1. The highest BCUT2D eigenvalue weighted by molar-refractivity contribution is 7.91. The van der Waals surface area contributed by atoms with Crippen LogP contribution in [0.25, 0.3) is 0 Å². The number of carbonyl (C=O) groups excluding carboxylic acids is 1. The van der Waals surface area contributed by atoms with Crippen molar-refractivity contribution in [1.29, 1.82) is 0 Å². The largest absolute Gasteiger partial charge is 0.325 e. The minimum Gasteiger partial charge on any atom is -0.325 e. The first-order valence-corrected chi connectivity index (χ1v) is 9.53. The molecule has 0 aliphatic rings. The van der Waals surface area contributed by atoms with Crippen molar-refractivity contribution in [3.63, 3.8) is 0 Å². The zero-order valence-electron chi connectivity index (χ0n) is 13.1. The van der Waals surface area contributed by atoms with Crippen LogP contribution >= 0.6 is 11.6 Å². The van der Waals surface area contributed by atoms with Crippen molar-refractivity contribution in [2.24, 2.45) is 0 Å². The predicted molar refractivity (Wildman–Crippen MR) is 93.4 cm³/mol. The molecule has 0 atom stereocenters. The van der Waals surface area contributed by atoms with Gasteiger partial charge in [-0.15, -0.1) is 0 Å². The molecule has 0 spiro atoms. The molecule has 4 nitrogen and oxygen atoms in total. The molecule has 0 bridgehead atoms. The molecular weight excluding hydrogens is 353 g/mol. The van der Waals surface area contributed by atoms with Crippen molar-refractivity contribution >= 4 is 33.0 Å². The molecule has 0 heterocycles. The van der Waals surface area contributed by atoms with E-state index in [1.165, 1.54) is 12.1 Å². The lowest BCUT2D eigenvalue weighted by Crippen LogP contribution is -2.24. The smallest absolute Gasteiger partial charge is 0.239 e. The van der Waals surface area contributed by atoms with Crippen LogP contribution in [0.1, 0.15) is 18.1 Å². The minimum absolute atomic E-state index is 0.0223. The van der Waals surface area contributed by atoms with Gasteiger partial charge in [-0.25, -0.2) is 12.8 Å². The number of benzene rings is 2. The van der Waals surface area contributed by atoms with Crippen molar-refractivity contribution in [3.8, 4) is 0 Å². The van der Waals surface area contributed by atoms with Gasteiger partial charge < -0.3 is 5.32 Å². The molecule has 24 heavy (non-hydrogen) atoms. The lowest BCUT2D eigenvalue weighted by molar-refractivity contribution is -0.113. The quantitative estimate of drug-likeness (QED) is 0.846. The van der Waals surface area contributed by atoms with Gasteiger partial charge in [-0.05, 0) is 36.2 Å². The summed E-state index contributed by atoms with van der Waals surface area (Å²) in [4.78, 5) is 11.9. The number of rotatable bonds is 6. The number of amides is 1. The summed E-state index contributed by atoms with van der Waals surface area (Å²) in [6.45, 7) is 2.01. The molecule has 0 aromatic heterocycles. The fraction of sp³-hybridized carbons (Fsp3) is 0.235. The Morgan fingerprint density at radius 3 is 2.42 bits per heavy atom. The van der Waals surface area contributed by atoms with Crippen molar-refractivity contribution in [3.05, 3.63) is 64.4 Å². The number of hydrogen-bond donors (Lipinski definition) is 1. The second-order valence-electron chi connectivity index (χ2n) is 5.33. The monoisotopic (exact) mass is 369 g/mol. The molecule has 0 radical (unpaired) electrons. The molecule has 0 saturated carbocycles. The summed E-state index contributed by atoms with van der Waals surface area (Å²) < 4.78 is 37.9. The minimum atomic E-state index is -3.85. The summed E-state index contributed by atoms with van der Waals surface area (Å²) >= 11 is 5.83. The van der Waals surface area contributed by atoms with Gasteiger partial charge in [-0.2, -0.15) is 0 Å². The first-order valence-electron chi connectivity index (χ1n) is 7.33. The maximum atomic E-state index is 13.7. The second-order valence-corrected chi connectivity index (χ2v) is 7.80. The first kappa shape index (κ1) is 18.4. The van der Waals surface area contributed by atoms with E-state index in [-0.39, 0.29) is 10.6 Å². The Labute approximate surface area is 145 Å². The molecule has 2 aromatic rings. The highest BCUT2D eigenvalue weighted by Crippen LogP contribution is 2.21. The van der Waals surface area contributed by atoms with Crippen molar-refractivity contribution in [2.75, 3.05) is 11.1 Å². The number of hydrogen-bond acceptors (Lipinski definition) is 3. The van der Waals surface area contributed by atoms with Crippen LogP contribution < -0.4 is 5.32 Å². The van der Waals surface area contributed by atoms with Crippen LogP contribution in [-0.4, -0.2) is 20.1 Å². The van der Waals surface area contributed by atoms with E-state index in [0.717, 1.165) is 18.1 Å². The van der Waals surface area contributed by atoms with Crippen LogP contribution in [-0.2, 0) is 26.8 Å². The molecule has 0 saturated heterocycles. The van der Waals surface area contributed by atoms with Crippen LogP contribution in [0.3, 0.4) is 0 Å². The fourth-order valence-electron chi connectivity index (χ4n) is 2.16. The average Bonchev–Trinajstić information content (AvgIpc) is 2.51. The van der Waals surface area contributed by atoms with Gasteiger partial charge in [0.25, 0.3) is 0 Å². The Morgan fingerprint density at radius 2 is 1.83 bits per heavy atom. The SMILES string of the molecule is CCc1ccc(NC(=O)CS(=O)(=O)Cc2c(F)cccc2Cl)cc1. The van der Waals surface area contributed by atoms with Gasteiger partial charge in [0.15, 0.2) is 9.84 Å². The van der Waals surface area contributed by atoms with Gasteiger partial charge in [-0.3, -0.25) is 4.79 Å². The van der Waals surface area contributed by atoms with Gasteiger partial charge >= 0.3 is 0 Å². The highest BCUT2D eigenvalue weighted by atomic mass is 35.5. The van der Waals surface area contributed by atoms with Crippen LogP contribution in [0.4, 0.5) is 10.1 Å². The van der Waals surface area contributed by atoms with Crippen molar-refractivity contribution in [2.45, 2.75) is 19.1 Å². The van der Waals surface area contributed by atoms with Crippen LogP contribution in [0.2, 0.25) is 5.02 Å². The molecule has 0 aliphatic carbocycles. The first-order chi connectivity index (χ1) is 11.3. The summed E-state index contributed by atoms with van der Waals surface area (Å²) in [5.41, 5.74) is 1.49. The molecule has 1 N–H and O–H groups in total. The Balaban J connectivity index is 2.04. The zero-order valence-corrected chi connectivity index (χ0v) is 14.6. The number of sulfone groups is 1. The Kier molecular flexibility index (Phi) is 5.96. The zero-order chi connectivity index (χ0) is 17.7. The lowest BCUT2D eigenvalue weighted by Gasteiger charge is -2.09. The molecule has 128 valence electrons. The molecule has 0 aliphatic heterocycles. The standard InChI is InChI=1S/C17H17ClFNO3S/c1-2-12-6-8-13(9-7-12)20-17(21)11-24(22,23)10-14-15(18)4-3-5-16(14)19/h3-9H,2,10-11H2,1H3,(H,20,21). The molecule has 0 unspecified atom stereocenters. The van der Waals surface area contributed by atoms with E-state index >= 15 is 0 Å². The molecule has 2 aromatic carbocycles. The van der Waals surface area contributed by atoms with E-state index in [2.05, 4.69) is 5.32 Å². The van der Waals surface area contributed by atoms with E-state index < -0.39 is 33.1 Å². The van der Waals surface area contributed by atoms with Gasteiger partial charge in [0.2, 0.25) is 5.91 Å². The maximum absolute atomic E-state index is 13.7. The second kappa shape index (κ2) is 7.77. The van der Waals surface area contributed by atoms with Crippen LogP contribution in [0, 0.1) is 5.82 Å². The topological polar surface area (TPSA) is 63.2 Å². The van der Waals surface area contributed by atoms with E-state index in [9.17, 15) is 17.6 Å². The molecule has 7 heteroatoms. The van der Waals surface area contributed by atoms with E-state index in [1.807, 2.05) is 19.1 Å². The highest BCUT2D eigenvalue weighted by Gasteiger charge is 2.21. The number of nitrogens with one attached hydrogen (secondary N) is 1. The summed E-state index contributed by atoms with van der Waals surface area (Å²) in [6.07, 6.45) is 0.867. The summed E-state index contributed by atoms with van der Waals surface area (Å²) in [6, 6.07) is 11.0. The molecular formula is C17H17ClFNO3S. The van der Waals surface area contributed by atoms with E-state index in [1.54, 1.807) is 12.1 Å². The van der Waals surface area contributed by atoms with Crippen LogP contribution in [0.5, 0.6) is 0 Å². The maximum Gasteiger partial charge on any atom is 0.239 e. The number of halogens is 2. The third-order valence-corrected chi connectivity index (χ3v) is 5.21. The van der Waals surface area contributed by atoms with E-state index in [4.69, 9.17) is 11.6 Å². The average molecular weight is 370 g/mol. The normalized spacial score (nSPS) is 11.3. The molecule has 0 fully saturated rings. The molecule has 1 amide bonds. The van der Waals surface area contributed by atoms with Crippen molar-refractivity contribution < 1.29 is 17.6 Å². The third kappa shape index (κ3) is 5.04. The summed E-state index contributed by atoms with van der Waals surface area (Å²) in [5.74, 6) is -2.75. The number of aryl methyl sites for hydroxylation is 1. The van der Waals surface area contributed by atoms with Gasteiger partial charge in [0.1, 0.15) is 11.6 Å². The van der Waals surface area contributed by atoms with Gasteiger partial charge in [-0.1, -0.05) is 36.7 Å². The number of carbonyl (C=O) groups is 1. The fourth-order valence-corrected chi connectivity index (χ4v) is 3.78. The third-order valence-electron chi connectivity index (χ3n) is 3.42. The van der Waals surface area contributed by atoms with Gasteiger partial charge in [0.05, 0.1) is 5.75 Å². The summed E-state index contributed by atoms with van der Waals surface area (Å²) in [5, 5.41) is 2.54. The Bertz CT molecular complexity index is 815. The van der Waals surface area contributed by atoms with E-state index in [0.29, 0.717) is 5.69 Å². The lowest BCUT2D eigenvalue weighted by atomic mass is 10.1.